The summed E-state index contributed by atoms with van der Waals surface area (Å²) in [5.74, 6) is -1.14. The van der Waals surface area contributed by atoms with E-state index >= 15 is 0 Å². The zero-order valence-corrected chi connectivity index (χ0v) is 17.8. The number of rotatable bonds is 5. The zero-order valence-electron chi connectivity index (χ0n) is 16.9. The first kappa shape index (κ1) is 20.0. The number of aryl methyl sites for hydroxylation is 2. The Hall–Kier alpha value is -2.91. The molecule has 0 saturated heterocycles. The monoisotopic (exact) mass is 441 g/mol. The maximum absolute atomic E-state index is 13.4. The molecule has 3 heterocycles. The summed E-state index contributed by atoms with van der Waals surface area (Å²) in [5.41, 5.74) is 2.60. The minimum absolute atomic E-state index is 0.0204. The minimum Gasteiger partial charge on any atom is -0.310 e. The van der Waals surface area contributed by atoms with Crippen LogP contribution < -0.4 is 10.9 Å². The van der Waals surface area contributed by atoms with Gasteiger partial charge in [0.25, 0.3) is 5.56 Å². The Balaban J connectivity index is 1.35. The summed E-state index contributed by atoms with van der Waals surface area (Å²) in [6, 6.07) is 3.75. The fourth-order valence-corrected chi connectivity index (χ4v) is 5.47. The molecular formula is C22H21F2N5OS. The molecule has 0 radical (unpaired) electrons. The molecule has 1 aliphatic carbocycles. The Morgan fingerprint density at radius 1 is 1.23 bits per heavy atom. The van der Waals surface area contributed by atoms with Gasteiger partial charge in [0, 0.05) is 42.3 Å². The Bertz CT molecular complexity index is 1310. The third kappa shape index (κ3) is 4.03. The average Bonchev–Trinajstić information content (AvgIpc) is 3.30. The van der Waals surface area contributed by atoms with Gasteiger partial charge in [0.2, 0.25) is 0 Å². The Morgan fingerprint density at radius 2 is 2.03 bits per heavy atom. The van der Waals surface area contributed by atoms with Crippen molar-refractivity contribution >= 4 is 21.6 Å². The molecule has 6 nitrogen and oxygen atoms in total. The molecule has 1 atom stereocenters. The van der Waals surface area contributed by atoms with Crippen molar-refractivity contribution in [3.05, 3.63) is 80.5 Å². The van der Waals surface area contributed by atoms with Crippen LogP contribution in [0.3, 0.4) is 0 Å². The molecule has 0 spiro atoms. The van der Waals surface area contributed by atoms with Crippen molar-refractivity contribution in [2.75, 3.05) is 0 Å². The van der Waals surface area contributed by atoms with E-state index in [4.69, 9.17) is 0 Å². The number of fused-ring (bicyclic) bond motifs is 3. The van der Waals surface area contributed by atoms with Gasteiger partial charge in [-0.05, 0) is 42.5 Å². The molecule has 1 aromatic carbocycles. The maximum atomic E-state index is 13.4. The van der Waals surface area contributed by atoms with E-state index in [-0.39, 0.29) is 11.6 Å². The number of nitrogens with one attached hydrogen (secondary N) is 1. The van der Waals surface area contributed by atoms with E-state index in [1.54, 1.807) is 33.1 Å². The van der Waals surface area contributed by atoms with E-state index in [0.29, 0.717) is 18.7 Å². The molecule has 31 heavy (non-hydrogen) atoms. The molecule has 0 fully saturated rings. The predicted molar refractivity (Wildman–Crippen MR) is 115 cm³/mol. The van der Waals surface area contributed by atoms with E-state index in [1.165, 1.54) is 12.1 Å². The molecule has 0 aliphatic heterocycles. The molecular weight excluding hydrogens is 420 g/mol. The fourth-order valence-electron chi connectivity index (χ4n) is 4.21. The second-order valence-corrected chi connectivity index (χ2v) is 9.07. The average molecular weight is 442 g/mol. The lowest BCUT2D eigenvalue weighted by molar-refractivity contribution is 0.460. The summed E-state index contributed by atoms with van der Waals surface area (Å²) in [6.07, 6.45) is 7.65. The Morgan fingerprint density at radius 3 is 2.77 bits per heavy atom. The van der Waals surface area contributed by atoms with E-state index in [9.17, 15) is 13.6 Å². The molecule has 4 aromatic rings. The smallest absolute Gasteiger partial charge is 0.262 e. The molecule has 5 rings (SSSR count). The zero-order chi connectivity index (χ0) is 21.5. The van der Waals surface area contributed by atoms with Gasteiger partial charge in [-0.1, -0.05) is 0 Å². The molecule has 3 aromatic heterocycles. The minimum atomic E-state index is -0.569. The van der Waals surface area contributed by atoms with Gasteiger partial charge < -0.3 is 5.32 Å². The first-order valence-corrected chi connectivity index (χ1v) is 10.9. The number of hydrogen-bond acceptors (Lipinski definition) is 5. The third-order valence-corrected chi connectivity index (χ3v) is 6.83. The van der Waals surface area contributed by atoms with Crippen molar-refractivity contribution in [3.63, 3.8) is 0 Å². The second kappa shape index (κ2) is 7.97. The first-order valence-electron chi connectivity index (χ1n) is 10.1. The van der Waals surface area contributed by atoms with Crippen LogP contribution in [-0.4, -0.2) is 25.4 Å². The van der Waals surface area contributed by atoms with Crippen LogP contribution in [0.4, 0.5) is 8.78 Å². The lowest BCUT2D eigenvalue weighted by Crippen LogP contribution is -2.34. The van der Waals surface area contributed by atoms with E-state index in [1.807, 2.05) is 13.2 Å². The number of aromatic nitrogens is 4. The normalized spacial score (nSPS) is 16.0. The number of nitrogens with zero attached hydrogens (tertiary/aromatic N) is 4. The van der Waals surface area contributed by atoms with E-state index in [0.717, 1.165) is 51.5 Å². The van der Waals surface area contributed by atoms with Gasteiger partial charge in [-0.15, -0.1) is 11.3 Å². The molecule has 9 heteroatoms. The highest BCUT2D eigenvalue weighted by molar-refractivity contribution is 7.18. The summed E-state index contributed by atoms with van der Waals surface area (Å²) >= 11 is 1.56. The van der Waals surface area contributed by atoms with Gasteiger partial charge in [0.1, 0.15) is 16.5 Å². The summed E-state index contributed by atoms with van der Waals surface area (Å²) in [7, 11) is 1.85. The predicted octanol–water partition coefficient (Wildman–Crippen LogP) is 3.17. The molecule has 1 N–H and O–H groups in total. The summed E-state index contributed by atoms with van der Waals surface area (Å²) in [4.78, 5) is 19.6. The van der Waals surface area contributed by atoms with Gasteiger partial charge in [-0.25, -0.2) is 13.8 Å². The van der Waals surface area contributed by atoms with Crippen LogP contribution in [0.2, 0.25) is 0 Å². The van der Waals surface area contributed by atoms with Crippen molar-refractivity contribution in [3.8, 4) is 0 Å². The molecule has 0 saturated carbocycles. The lowest BCUT2D eigenvalue weighted by Gasteiger charge is -2.23. The maximum Gasteiger partial charge on any atom is 0.262 e. The third-order valence-electron chi connectivity index (χ3n) is 5.66. The van der Waals surface area contributed by atoms with Crippen molar-refractivity contribution in [2.24, 2.45) is 7.05 Å². The number of halogens is 2. The number of benzene rings is 1. The van der Waals surface area contributed by atoms with Gasteiger partial charge in [-0.2, -0.15) is 5.10 Å². The quantitative estimate of drug-likeness (QED) is 0.517. The number of thiophene rings is 1. The summed E-state index contributed by atoms with van der Waals surface area (Å²) in [5, 5.41) is 8.28. The topological polar surface area (TPSA) is 64.7 Å². The van der Waals surface area contributed by atoms with Crippen LogP contribution in [0.5, 0.6) is 0 Å². The van der Waals surface area contributed by atoms with Crippen LogP contribution in [0, 0.1) is 11.6 Å². The van der Waals surface area contributed by atoms with Crippen LogP contribution >= 0.6 is 11.3 Å². The van der Waals surface area contributed by atoms with Crippen LogP contribution in [0.25, 0.3) is 10.2 Å². The summed E-state index contributed by atoms with van der Waals surface area (Å²) in [6.45, 7) is 0.838. The van der Waals surface area contributed by atoms with Crippen molar-refractivity contribution in [2.45, 2.75) is 38.4 Å². The second-order valence-electron chi connectivity index (χ2n) is 7.98. The fraction of sp³-hybridized carbons (Fsp3) is 0.318. The Labute approximate surface area is 181 Å². The SMILES string of the molecule is Cn1cc(Cn2cnc3sc4c(c3c2=O)CC[C@@H](NCc2cc(F)cc(F)c2)C4)cn1. The van der Waals surface area contributed by atoms with Gasteiger partial charge in [0.15, 0.2) is 0 Å². The molecule has 0 bridgehead atoms. The molecule has 160 valence electrons. The highest BCUT2D eigenvalue weighted by Gasteiger charge is 2.25. The summed E-state index contributed by atoms with van der Waals surface area (Å²) < 4.78 is 30.2. The standard InChI is InChI=1S/C22H21F2N5OS/c1-28-10-14(9-27-28)11-29-12-26-21-20(22(29)30)18-3-2-17(7-19(18)31-21)25-8-13-4-15(23)6-16(24)5-13/h4-6,9-10,12,17,25H,2-3,7-8,11H2,1H3/t17-/m1/s1. The largest absolute Gasteiger partial charge is 0.310 e. The van der Waals surface area contributed by atoms with Crippen LogP contribution in [-0.2, 0) is 33.0 Å². The van der Waals surface area contributed by atoms with E-state index in [2.05, 4.69) is 15.4 Å². The van der Waals surface area contributed by atoms with Crippen LogP contribution in [0.1, 0.15) is 28.0 Å². The Kier molecular flexibility index (Phi) is 5.15. The van der Waals surface area contributed by atoms with Crippen molar-refractivity contribution in [1.82, 2.24) is 24.6 Å². The molecule has 1 aliphatic rings. The highest BCUT2D eigenvalue weighted by atomic mass is 32.1. The number of hydrogen-bond donors (Lipinski definition) is 1. The van der Waals surface area contributed by atoms with Crippen molar-refractivity contribution < 1.29 is 8.78 Å². The van der Waals surface area contributed by atoms with Crippen LogP contribution in [0.15, 0.2) is 41.7 Å². The van der Waals surface area contributed by atoms with Crippen molar-refractivity contribution in [1.29, 1.82) is 0 Å². The van der Waals surface area contributed by atoms with E-state index < -0.39 is 11.6 Å². The van der Waals surface area contributed by atoms with Gasteiger partial charge in [-0.3, -0.25) is 14.0 Å². The van der Waals surface area contributed by atoms with Gasteiger partial charge in [0.05, 0.1) is 24.5 Å². The van der Waals surface area contributed by atoms with Gasteiger partial charge >= 0.3 is 0 Å². The first-order chi connectivity index (χ1) is 15.0. The molecule has 0 unspecified atom stereocenters. The molecule has 0 amide bonds. The highest BCUT2D eigenvalue weighted by Crippen LogP contribution is 2.33. The lowest BCUT2D eigenvalue weighted by atomic mass is 9.93.